The van der Waals surface area contributed by atoms with E-state index in [0.717, 1.165) is 18.8 Å². The SMILES string of the molecule is CNC(Cc1ccc(C)c(C)c1)C1COc2ccccc21. The highest BCUT2D eigenvalue weighted by atomic mass is 16.5. The maximum absolute atomic E-state index is 5.83. The van der Waals surface area contributed by atoms with E-state index in [1.807, 2.05) is 13.1 Å². The van der Waals surface area contributed by atoms with E-state index in [4.69, 9.17) is 4.74 Å². The first-order valence-corrected chi connectivity index (χ1v) is 7.64. The van der Waals surface area contributed by atoms with Gasteiger partial charge in [-0.15, -0.1) is 0 Å². The number of hydrogen-bond donors (Lipinski definition) is 1. The molecule has 0 bridgehead atoms. The van der Waals surface area contributed by atoms with Crippen LogP contribution in [-0.4, -0.2) is 19.7 Å². The normalized spacial score (nSPS) is 18.1. The molecule has 0 amide bonds. The molecule has 1 aliphatic rings. The molecule has 0 radical (unpaired) electrons. The van der Waals surface area contributed by atoms with E-state index >= 15 is 0 Å². The van der Waals surface area contributed by atoms with Crippen molar-refractivity contribution in [1.29, 1.82) is 0 Å². The molecule has 21 heavy (non-hydrogen) atoms. The van der Waals surface area contributed by atoms with E-state index in [0.29, 0.717) is 12.0 Å². The number of benzene rings is 2. The number of ether oxygens (including phenoxy) is 1. The summed E-state index contributed by atoms with van der Waals surface area (Å²) in [5.74, 6) is 1.47. The molecule has 2 nitrogen and oxygen atoms in total. The first-order chi connectivity index (χ1) is 10.2. The summed E-state index contributed by atoms with van der Waals surface area (Å²) < 4.78 is 5.83. The molecule has 0 saturated carbocycles. The molecule has 0 aliphatic carbocycles. The van der Waals surface area contributed by atoms with Crippen molar-refractivity contribution in [2.75, 3.05) is 13.7 Å². The number of likely N-dealkylation sites (N-methyl/N-ethyl adjacent to an activating group) is 1. The van der Waals surface area contributed by atoms with Crippen molar-refractivity contribution in [3.63, 3.8) is 0 Å². The van der Waals surface area contributed by atoms with Gasteiger partial charge in [-0.3, -0.25) is 0 Å². The van der Waals surface area contributed by atoms with Crippen molar-refractivity contribution in [2.45, 2.75) is 32.2 Å². The van der Waals surface area contributed by atoms with Crippen molar-refractivity contribution in [1.82, 2.24) is 5.32 Å². The van der Waals surface area contributed by atoms with E-state index in [-0.39, 0.29) is 0 Å². The van der Waals surface area contributed by atoms with E-state index in [9.17, 15) is 0 Å². The molecule has 2 unspecified atom stereocenters. The van der Waals surface area contributed by atoms with Crippen LogP contribution >= 0.6 is 0 Å². The highest BCUT2D eigenvalue weighted by Crippen LogP contribution is 2.36. The summed E-state index contributed by atoms with van der Waals surface area (Å²) in [4.78, 5) is 0. The monoisotopic (exact) mass is 281 g/mol. The molecule has 0 aromatic heterocycles. The Hall–Kier alpha value is -1.80. The lowest BCUT2D eigenvalue weighted by Crippen LogP contribution is -2.35. The second-order valence-corrected chi connectivity index (χ2v) is 5.97. The van der Waals surface area contributed by atoms with E-state index < -0.39 is 0 Å². The smallest absolute Gasteiger partial charge is 0.122 e. The van der Waals surface area contributed by atoms with Crippen LogP contribution in [0.4, 0.5) is 0 Å². The molecule has 2 atom stereocenters. The first kappa shape index (κ1) is 14.2. The van der Waals surface area contributed by atoms with Gasteiger partial charge in [-0.1, -0.05) is 36.4 Å². The Kier molecular flexibility index (Phi) is 3.98. The van der Waals surface area contributed by atoms with Crippen LogP contribution in [0.15, 0.2) is 42.5 Å². The molecule has 0 fully saturated rings. The summed E-state index contributed by atoms with van der Waals surface area (Å²) >= 11 is 0. The Morgan fingerprint density at radius 2 is 1.95 bits per heavy atom. The average molecular weight is 281 g/mol. The van der Waals surface area contributed by atoms with Crippen molar-refractivity contribution in [2.24, 2.45) is 0 Å². The lowest BCUT2D eigenvalue weighted by Gasteiger charge is -2.23. The number of para-hydroxylation sites is 1. The van der Waals surface area contributed by atoms with Gasteiger partial charge >= 0.3 is 0 Å². The third-order valence-corrected chi connectivity index (χ3v) is 4.62. The van der Waals surface area contributed by atoms with E-state index in [1.54, 1.807) is 0 Å². The maximum atomic E-state index is 5.83. The van der Waals surface area contributed by atoms with Gasteiger partial charge in [0.05, 0.1) is 6.61 Å². The number of fused-ring (bicyclic) bond motifs is 1. The van der Waals surface area contributed by atoms with Crippen LogP contribution in [0.3, 0.4) is 0 Å². The predicted octanol–water partition coefficient (Wildman–Crippen LogP) is 3.61. The summed E-state index contributed by atoms with van der Waals surface area (Å²) in [5, 5.41) is 3.49. The Morgan fingerprint density at radius 1 is 1.14 bits per heavy atom. The van der Waals surface area contributed by atoms with E-state index in [1.165, 1.54) is 22.3 Å². The minimum absolute atomic E-state index is 0.399. The van der Waals surface area contributed by atoms with Crippen molar-refractivity contribution in [3.05, 3.63) is 64.7 Å². The van der Waals surface area contributed by atoms with Gasteiger partial charge in [0.1, 0.15) is 5.75 Å². The molecule has 0 saturated heterocycles. The van der Waals surface area contributed by atoms with Crippen molar-refractivity contribution >= 4 is 0 Å². The lowest BCUT2D eigenvalue weighted by molar-refractivity contribution is 0.302. The van der Waals surface area contributed by atoms with Crippen LogP contribution in [0.25, 0.3) is 0 Å². The molecular weight excluding hydrogens is 258 g/mol. The van der Waals surface area contributed by atoms with Crippen LogP contribution in [0, 0.1) is 13.8 Å². The zero-order valence-corrected chi connectivity index (χ0v) is 13.0. The zero-order chi connectivity index (χ0) is 14.8. The largest absolute Gasteiger partial charge is 0.493 e. The molecule has 110 valence electrons. The van der Waals surface area contributed by atoms with Gasteiger partial charge in [0, 0.05) is 17.5 Å². The first-order valence-electron chi connectivity index (χ1n) is 7.64. The molecule has 2 heteroatoms. The Morgan fingerprint density at radius 3 is 2.71 bits per heavy atom. The fourth-order valence-corrected chi connectivity index (χ4v) is 3.15. The average Bonchev–Trinajstić information content (AvgIpc) is 2.92. The minimum atomic E-state index is 0.399. The molecule has 3 rings (SSSR count). The molecule has 0 spiro atoms. The van der Waals surface area contributed by atoms with Gasteiger partial charge in [0.2, 0.25) is 0 Å². The van der Waals surface area contributed by atoms with Crippen molar-refractivity contribution in [3.8, 4) is 5.75 Å². The molecule has 1 N–H and O–H groups in total. The standard InChI is InChI=1S/C19H23NO/c1-13-8-9-15(10-14(13)2)11-18(20-3)17-12-21-19-7-5-4-6-16(17)19/h4-10,17-18,20H,11-12H2,1-3H3. The second-order valence-electron chi connectivity index (χ2n) is 5.97. The summed E-state index contributed by atoms with van der Waals surface area (Å²) in [7, 11) is 2.05. The van der Waals surface area contributed by atoms with Gasteiger partial charge in [0.15, 0.2) is 0 Å². The minimum Gasteiger partial charge on any atom is -0.493 e. The van der Waals surface area contributed by atoms with Crippen molar-refractivity contribution < 1.29 is 4.74 Å². The summed E-state index contributed by atoms with van der Waals surface area (Å²) in [6.45, 7) is 5.12. The molecule has 1 heterocycles. The van der Waals surface area contributed by atoms with Gasteiger partial charge in [-0.25, -0.2) is 0 Å². The topological polar surface area (TPSA) is 21.3 Å². The third kappa shape index (κ3) is 2.81. The Balaban J connectivity index is 1.81. The molecular formula is C19H23NO. The van der Waals surface area contributed by atoms with Crippen LogP contribution in [0.2, 0.25) is 0 Å². The fourth-order valence-electron chi connectivity index (χ4n) is 3.15. The second kappa shape index (κ2) is 5.90. The highest BCUT2D eigenvalue weighted by Gasteiger charge is 2.30. The quantitative estimate of drug-likeness (QED) is 0.924. The predicted molar refractivity (Wildman–Crippen MR) is 87.1 cm³/mol. The van der Waals surface area contributed by atoms with Gasteiger partial charge < -0.3 is 10.1 Å². The van der Waals surface area contributed by atoms with Crippen LogP contribution in [0.5, 0.6) is 5.75 Å². The van der Waals surface area contributed by atoms with Gasteiger partial charge in [-0.2, -0.15) is 0 Å². The Labute approximate surface area is 127 Å². The lowest BCUT2D eigenvalue weighted by atomic mass is 9.88. The fraction of sp³-hybridized carbons (Fsp3) is 0.368. The van der Waals surface area contributed by atoms with Gasteiger partial charge in [0.25, 0.3) is 0 Å². The van der Waals surface area contributed by atoms with Crippen LogP contribution in [-0.2, 0) is 6.42 Å². The Bertz CT molecular complexity index is 635. The number of hydrogen-bond acceptors (Lipinski definition) is 2. The summed E-state index contributed by atoms with van der Waals surface area (Å²) in [6.07, 6.45) is 1.03. The molecule has 2 aromatic rings. The molecule has 2 aromatic carbocycles. The zero-order valence-electron chi connectivity index (χ0n) is 13.0. The third-order valence-electron chi connectivity index (χ3n) is 4.62. The molecule has 1 aliphatic heterocycles. The number of rotatable bonds is 4. The maximum Gasteiger partial charge on any atom is 0.122 e. The van der Waals surface area contributed by atoms with Crippen LogP contribution in [0.1, 0.15) is 28.2 Å². The van der Waals surface area contributed by atoms with E-state index in [2.05, 4.69) is 55.6 Å². The van der Waals surface area contributed by atoms with Crippen LogP contribution < -0.4 is 10.1 Å². The summed E-state index contributed by atoms with van der Waals surface area (Å²) in [5.41, 5.74) is 5.45. The summed E-state index contributed by atoms with van der Waals surface area (Å²) in [6, 6.07) is 15.6. The number of aryl methyl sites for hydroxylation is 2. The number of nitrogens with one attached hydrogen (secondary N) is 1. The highest BCUT2D eigenvalue weighted by molar-refractivity contribution is 5.41. The van der Waals surface area contributed by atoms with Gasteiger partial charge in [-0.05, 0) is 50.1 Å².